The number of nitrogens with two attached hydrogens (primary N) is 1. The summed E-state index contributed by atoms with van der Waals surface area (Å²) >= 11 is 0. The molecule has 0 saturated carbocycles. The fraction of sp³-hybridized carbons (Fsp3) is 0.900. The average molecular weight is 240 g/mol. The Kier molecular flexibility index (Phi) is 10.2. The minimum Gasteiger partial charge on any atom is -0.381 e. The molecule has 0 aliphatic carbocycles. The van der Waals surface area contributed by atoms with Gasteiger partial charge in [0.05, 0.1) is 12.5 Å². The lowest BCUT2D eigenvalue weighted by molar-refractivity contribution is -0.148. The van der Waals surface area contributed by atoms with Crippen molar-refractivity contribution >= 4 is 18.4 Å². The van der Waals surface area contributed by atoms with Gasteiger partial charge in [-0.15, -0.1) is 12.4 Å². The van der Waals surface area contributed by atoms with Gasteiger partial charge in [0, 0.05) is 7.11 Å². The van der Waals surface area contributed by atoms with E-state index in [-0.39, 0.29) is 24.9 Å². The molecule has 3 unspecified atom stereocenters. The number of ether oxygens (including phenoxy) is 1. The summed E-state index contributed by atoms with van der Waals surface area (Å²) < 4.78 is 5.25. The molecule has 0 bridgehead atoms. The van der Waals surface area contributed by atoms with Gasteiger partial charge in [0.25, 0.3) is 0 Å². The van der Waals surface area contributed by atoms with Crippen LogP contribution < -0.4 is 5.90 Å². The Labute approximate surface area is 97.9 Å². The van der Waals surface area contributed by atoms with Crippen molar-refractivity contribution in [1.82, 2.24) is 0 Å². The number of methoxy groups -OCH3 is 1. The number of rotatable bonds is 6. The van der Waals surface area contributed by atoms with Crippen LogP contribution in [0.4, 0.5) is 0 Å². The molecule has 0 amide bonds. The van der Waals surface area contributed by atoms with Crippen molar-refractivity contribution in [3.8, 4) is 0 Å². The third-order valence-electron chi connectivity index (χ3n) is 2.93. The summed E-state index contributed by atoms with van der Waals surface area (Å²) in [5, 5.41) is 0. The van der Waals surface area contributed by atoms with Gasteiger partial charge in [-0.2, -0.15) is 5.90 Å². The van der Waals surface area contributed by atoms with E-state index in [0.717, 1.165) is 6.42 Å². The Morgan fingerprint density at radius 3 is 2.27 bits per heavy atom. The minimum absolute atomic E-state index is 0. The topological polar surface area (TPSA) is 61.5 Å². The third-order valence-corrected chi connectivity index (χ3v) is 2.93. The first-order valence-corrected chi connectivity index (χ1v) is 4.99. The van der Waals surface area contributed by atoms with Crippen LogP contribution in [-0.2, 0) is 14.4 Å². The molecule has 92 valence electrons. The predicted octanol–water partition coefficient (Wildman–Crippen LogP) is 1.91. The molecule has 5 heteroatoms. The van der Waals surface area contributed by atoms with E-state index in [4.69, 9.17) is 10.6 Å². The van der Waals surface area contributed by atoms with E-state index in [2.05, 4.69) is 25.6 Å². The molecule has 4 nitrogen and oxygen atoms in total. The second-order valence-electron chi connectivity index (χ2n) is 3.71. The first-order chi connectivity index (χ1) is 6.56. The molecule has 0 aliphatic rings. The molecule has 2 N–H and O–H groups in total. The van der Waals surface area contributed by atoms with Crippen molar-refractivity contribution in [2.24, 2.45) is 17.7 Å². The van der Waals surface area contributed by atoms with Crippen LogP contribution in [0.5, 0.6) is 0 Å². The molecule has 0 heterocycles. The van der Waals surface area contributed by atoms with Crippen molar-refractivity contribution in [3.63, 3.8) is 0 Å². The molecular weight excluding hydrogens is 218 g/mol. The number of halogens is 1. The van der Waals surface area contributed by atoms with Gasteiger partial charge >= 0.3 is 5.97 Å². The lowest BCUT2D eigenvalue weighted by Crippen LogP contribution is -2.29. The number of carbonyl (C=O) groups is 1. The van der Waals surface area contributed by atoms with Crippen LogP contribution in [0.15, 0.2) is 0 Å². The summed E-state index contributed by atoms with van der Waals surface area (Å²) in [5.41, 5.74) is 0. The Balaban J connectivity index is 0. The molecule has 0 saturated heterocycles. The summed E-state index contributed by atoms with van der Waals surface area (Å²) in [7, 11) is 1.60. The van der Waals surface area contributed by atoms with Gasteiger partial charge in [-0.3, -0.25) is 4.79 Å². The second kappa shape index (κ2) is 8.95. The molecule has 0 radical (unpaired) electrons. The first-order valence-electron chi connectivity index (χ1n) is 4.99. The second-order valence-corrected chi connectivity index (χ2v) is 3.71. The fourth-order valence-electron chi connectivity index (χ4n) is 1.43. The van der Waals surface area contributed by atoms with Crippen LogP contribution in [-0.4, -0.2) is 19.2 Å². The van der Waals surface area contributed by atoms with Crippen LogP contribution in [0.1, 0.15) is 33.6 Å². The van der Waals surface area contributed by atoms with Crippen LogP contribution in [0.2, 0.25) is 0 Å². The molecule has 0 fully saturated rings. The highest BCUT2D eigenvalue weighted by Crippen LogP contribution is 2.22. The van der Waals surface area contributed by atoms with Gasteiger partial charge in [-0.1, -0.05) is 27.2 Å². The van der Waals surface area contributed by atoms with Crippen molar-refractivity contribution in [2.75, 3.05) is 7.11 Å². The zero-order valence-corrected chi connectivity index (χ0v) is 10.7. The summed E-state index contributed by atoms with van der Waals surface area (Å²) in [4.78, 5) is 15.1. The van der Waals surface area contributed by atoms with E-state index < -0.39 is 5.97 Å². The average Bonchev–Trinajstić information content (AvgIpc) is 2.23. The van der Waals surface area contributed by atoms with Crippen LogP contribution in [0.3, 0.4) is 0 Å². The zero-order valence-electron chi connectivity index (χ0n) is 9.86. The fourth-order valence-corrected chi connectivity index (χ4v) is 1.43. The smallest absolute Gasteiger partial charge is 0.327 e. The Hall–Kier alpha value is -0.320. The summed E-state index contributed by atoms with van der Waals surface area (Å²) in [6, 6.07) is 0. The molecule has 0 aromatic rings. The maximum atomic E-state index is 11.0. The molecule has 0 aliphatic heterocycles. The maximum Gasteiger partial charge on any atom is 0.327 e. The Morgan fingerprint density at radius 1 is 1.40 bits per heavy atom. The SMILES string of the molecule is CCC(C)C(C)C(CC(=O)ON)OC.Cl. The predicted molar refractivity (Wildman–Crippen MR) is 61.6 cm³/mol. The molecule has 3 atom stereocenters. The van der Waals surface area contributed by atoms with Crippen molar-refractivity contribution in [3.05, 3.63) is 0 Å². The lowest BCUT2D eigenvalue weighted by atomic mass is 9.87. The molecular formula is C10H22ClNO3. The highest BCUT2D eigenvalue weighted by atomic mass is 35.5. The Bertz CT molecular complexity index is 178. The molecule has 15 heavy (non-hydrogen) atoms. The van der Waals surface area contributed by atoms with E-state index in [0.29, 0.717) is 11.8 Å². The highest BCUT2D eigenvalue weighted by Gasteiger charge is 2.24. The number of carbonyl (C=O) groups excluding carboxylic acids is 1. The van der Waals surface area contributed by atoms with E-state index in [1.54, 1.807) is 7.11 Å². The van der Waals surface area contributed by atoms with E-state index in [1.165, 1.54) is 0 Å². The van der Waals surface area contributed by atoms with Crippen molar-refractivity contribution in [2.45, 2.75) is 39.7 Å². The molecule has 0 rings (SSSR count). The largest absolute Gasteiger partial charge is 0.381 e. The summed E-state index contributed by atoms with van der Waals surface area (Å²) in [5.74, 6) is 5.20. The van der Waals surface area contributed by atoms with Gasteiger partial charge in [-0.25, -0.2) is 0 Å². The number of hydrogen-bond acceptors (Lipinski definition) is 4. The van der Waals surface area contributed by atoms with E-state index in [1.807, 2.05) is 0 Å². The maximum absolute atomic E-state index is 11.0. The summed E-state index contributed by atoms with van der Waals surface area (Å²) in [6.45, 7) is 6.34. The molecule has 0 spiro atoms. The van der Waals surface area contributed by atoms with Gasteiger partial charge in [0.1, 0.15) is 0 Å². The lowest BCUT2D eigenvalue weighted by Gasteiger charge is -2.26. The Morgan fingerprint density at radius 2 is 1.93 bits per heavy atom. The van der Waals surface area contributed by atoms with E-state index in [9.17, 15) is 4.79 Å². The number of hydrogen-bond donors (Lipinski definition) is 1. The monoisotopic (exact) mass is 239 g/mol. The van der Waals surface area contributed by atoms with Crippen molar-refractivity contribution in [1.29, 1.82) is 0 Å². The quantitative estimate of drug-likeness (QED) is 0.720. The van der Waals surface area contributed by atoms with Gasteiger partial charge in [-0.05, 0) is 11.8 Å². The van der Waals surface area contributed by atoms with Gasteiger partial charge < -0.3 is 9.57 Å². The van der Waals surface area contributed by atoms with Crippen LogP contribution in [0, 0.1) is 11.8 Å². The zero-order chi connectivity index (χ0) is 11.1. The summed E-state index contributed by atoms with van der Waals surface area (Å²) in [6.07, 6.45) is 1.18. The highest BCUT2D eigenvalue weighted by molar-refractivity contribution is 5.85. The van der Waals surface area contributed by atoms with E-state index >= 15 is 0 Å². The van der Waals surface area contributed by atoms with Crippen molar-refractivity contribution < 1.29 is 14.4 Å². The van der Waals surface area contributed by atoms with Gasteiger partial charge in [0.2, 0.25) is 0 Å². The standard InChI is InChI=1S/C10H21NO3.ClH/c1-5-7(2)8(3)9(13-4)6-10(12)14-11;/h7-9H,5-6,11H2,1-4H3;1H. The van der Waals surface area contributed by atoms with Gasteiger partial charge in [0.15, 0.2) is 0 Å². The van der Waals surface area contributed by atoms with Crippen LogP contribution in [0.25, 0.3) is 0 Å². The molecule has 0 aromatic carbocycles. The third kappa shape index (κ3) is 5.97. The normalized spacial score (nSPS) is 16.1. The first kappa shape index (κ1) is 17.1. The molecule has 0 aromatic heterocycles. The van der Waals surface area contributed by atoms with Crippen LogP contribution >= 0.6 is 12.4 Å². The minimum atomic E-state index is -0.424.